The number of fused-ring (bicyclic) bond motifs is 3. The Bertz CT molecular complexity index is 2650. The maximum Gasteiger partial charge on any atom is 0.238 e. The summed E-state index contributed by atoms with van der Waals surface area (Å²) in [6.45, 7) is 0. The Labute approximate surface area is 255 Å². The minimum Gasteiger partial charge on any atom is -0.278 e. The van der Waals surface area contributed by atoms with Crippen molar-refractivity contribution in [2.75, 3.05) is 0 Å². The number of nitrogens with zero attached hydrogens (tertiary/aromatic N) is 4. The van der Waals surface area contributed by atoms with E-state index in [0.717, 1.165) is 22.2 Å². The molecule has 0 unspecified atom stereocenters. The molecule has 3 aromatic heterocycles. The Morgan fingerprint density at radius 1 is 0.386 bits per heavy atom. The van der Waals surface area contributed by atoms with Crippen LogP contribution < -0.4 is 0 Å². The fourth-order valence-corrected chi connectivity index (χ4v) is 8.11. The van der Waals surface area contributed by atoms with Crippen molar-refractivity contribution in [3.63, 3.8) is 0 Å². The second-order valence-electron chi connectivity index (χ2n) is 11.2. The molecule has 44 heavy (non-hydrogen) atoms. The standard InChI is InChI=1S/C39H22N4S/c1-3-11-23(12-4-1)37-40-38(24-13-5-2-6-14-24)42-39(41-37)43-29-19-9-17-27-25-15-7-8-16-26(25)28-18-10-20-31-34(28)36-32(44-31)22-21-30(43)35(36)33(27)29/h1-22H. The topological polar surface area (TPSA) is 43.6 Å². The molecule has 3 heterocycles. The van der Waals surface area contributed by atoms with Gasteiger partial charge in [0.25, 0.3) is 0 Å². The average molecular weight is 579 g/mol. The SMILES string of the molecule is c1ccc(-c2nc(-c3ccccc3)nc(-n3c4cccc5c6ccccc6c6cccc7sc8ccc3c(c8c76)c54)n2)cc1. The third kappa shape index (κ3) is 3.24. The van der Waals surface area contributed by atoms with E-state index in [1.807, 2.05) is 47.7 Å². The normalized spacial score (nSPS) is 12.1. The Morgan fingerprint density at radius 3 is 1.61 bits per heavy atom. The van der Waals surface area contributed by atoms with Gasteiger partial charge in [0.2, 0.25) is 5.95 Å². The summed E-state index contributed by atoms with van der Waals surface area (Å²) in [6.07, 6.45) is 0. The lowest BCUT2D eigenvalue weighted by molar-refractivity contribution is 0.954. The summed E-state index contributed by atoms with van der Waals surface area (Å²) < 4.78 is 4.84. The van der Waals surface area contributed by atoms with Crippen LogP contribution in [0.15, 0.2) is 133 Å². The Kier molecular flexibility index (Phi) is 4.84. The molecule has 10 rings (SSSR count). The summed E-state index contributed by atoms with van der Waals surface area (Å²) in [7, 11) is 0. The van der Waals surface area contributed by atoms with Gasteiger partial charge in [-0.25, -0.2) is 4.98 Å². The molecule has 0 bridgehead atoms. The molecule has 0 spiro atoms. The second kappa shape index (κ2) is 8.93. The molecule has 0 saturated carbocycles. The van der Waals surface area contributed by atoms with Gasteiger partial charge in [-0.05, 0) is 45.8 Å². The monoisotopic (exact) mass is 578 g/mol. The molecular formula is C39H22N4S. The smallest absolute Gasteiger partial charge is 0.238 e. The van der Waals surface area contributed by atoms with Gasteiger partial charge in [-0.3, -0.25) is 4.57 Å². The highest BCUT2D eigenvalue weighted by Gasteiger charge is 2.23. The summed E-state index contributed by atoms with van der Waals surface area (Å²) in [6, 6.07) is 47.0. The maximum atomic E-state index is 5.16. The Balaban J connectivity index is 1.43. The van der Waals surface area contributed by atoms with Crippen LogP contribution in [-0.4, -0.2) is 19.5 Å². The lowest BCUT2D eigenvalue weighted by Gasteiger charge is -2.11. The van der Waals surface area contributed by atoms with Gasteiger partial charge in [-0.1, -0.05) is 109 Å². The van der Waals surface area contributed by atoms with Gasteiger partial charge in [-0.2, -0.15) is 9.97 Å². The zero-order valence-electron chi connectivity index (χ0n) is 23.4. The second-order valence-corrected chi connectivity index (χ2v) is 12.3. The first kappa shape index (κ1) is 23.9. The summed E-state index contributed by atoms with van der Waals surface area (Å²) in [5.74, 6) is 1.92. The van der Waals surface area contributed by atoms with E-state index in [1.54, 1.807) is 0 Å². The lowest BCUT2D eigenvalue weighted by atomic mass is 9.95. The number of hydrogen-bond donors (Lipinski definition) is 0. The molecule has 0 amide bonds. The first-order chi connectivity index (χ1) is 21.8. The van der Waals surface area contributed by atoms with Crippen LogP contribution in [0.1, 0.15) is 0 Å². The minimum atomic E-state index is 0.612. The highest BCUT2D eigenvalue weighted by Crippen LogP contribution is 2.48. The summed E-state index contributed by atoms with van der Waals surface area (Å²) in [5.41, 5.74) is 4.09. The van der Waals surface area contributed by atoms with Gasteiger partial charge < -0.3 is 0 Å². The van der Waals surface area contributed by atoms with E-state index in [1.165, 1.54) is 52.5 Å². The van der Waals surface area contributed by atoms with Crippen LogP contribution in [0, 0.1) is 0 Å². The summed E-state index contributed by atoms with van der Waals surface area (Å²) in [5, 5.41) is 10.1. The van der Waals surface area contributed by atoms with Crippen LogP contribution in [0.4, 0.5) is 0 Å². The summed E-state index contributed by atoms with van der Waals surface area (Å²) in [4.78, 5) is 15.3. The van der Waals surface area contributed by atoms with Crippen molar-refractivity contribution in [3.05, 3.63) is 133 Å². The van der Waals surface area contributed by atoms with Crippen molar-refractivity contribution in [1.82, 2.24) is 19.5 Å². The Morgan fingerprint density at radius 2 is 0.932 bits per heavy atom. The van der Waals surface area contributed by atoms with Crippen molar-refractivity contribution in [1.29, 1.82) is 0 Å². The van der Waals surface area contributed by atoms with E-state index in [4.69, 9.17) is 15.0 Å². The molecule has 4 nitrogen and oxygen atoms in total. The number of rotatable bonds is 3. The van der Waals surface area contributed by atoms with E-state index >= 15 is 0 Å². The van der Waals surface area contributed by atoms with E-state index in [0.29, 0.717) is 17.6 Å². The van der Waals surface area contributed by atoms with E-state index in [9.17, 15) is 0 Å². The molecule has 0 saturated heterocycles. The molecule has 0 aliphatic rings. The predicted octanol–water partition coefficient (Wildman–Crippen LogP) is 10.4. The van der Waals surface area contributed by atoms with E-state index < -0.39 is 0 Å². The predicted molar refractivity (Wildman–Crippen MR) is 184 cm³/mol. The maximum absolute atomic E-state index is 5.16. The van der Waals surface area contributed by atoms with Gasteiger partial charge in [-0.15, -0.1) is 11.3 Å². The fourth-order valence-electron chi connectivity index (χ4n) is 6.97. The number of hydrogen-bond acceptors (Lipinski definition) is 4. The molecular weight excluding hydrogens is 557 g/mol. The third-order valence-electron chi connectivity index (χ3n) is 8.81. The highest BCUT2D eigenvalue weighted by molar-refractivity contribution is 7.26. The van der Waals surface area contributed by atoms with Crippen LogP contribution in [0.25, 0.3) is 92.2 Å². The number of benzene rings is 6. The lowest BCUT2D eigenvalue weighted by Crippen LogP contribution is -2.06. The molecule has 0 aliphatic heterocycles. The van der Waals surface area contributed by atoms with Crippen molar-refractivity contribution in [2.45, 2.75) is 0 Å². The van der Waals surface area contributed by atoms with Gasteiger partial charge in [0.1, 0.15) is 0 Å². The first-order valence-corrected chi connectivity index (χ1v) is 15.5. The molecule has 0 radical (unpaired) electrons. The zero-order valence-corrected chi connectivity index (χ0v) is 24.2. The quantitative estimate of drug-likeness (QED) is 0.209. The molecule has 0 N–H and O–H groups in total. The number of thiophene rings is 1. The average Bonchev–Trinajstić information content (AvgIpc) is 3.64. The zero-order chi connectivity index (χ0) is 28.8. The van der Waals surface area contributed by atoms with Crippen LogP contribution in [-0.2, 0) is 0 Å². The molecule has 0 atom stereocenters. The molecule has 0 aliphatic carbocycles. The van der Waals surface area contributed by atoms with Crippen molar-refractivity contribution in [2.24, 2.45) is 0 Å². The van der Waals surface area contributed by atoms with Gasteiger partial charge in [0.05, 0.1) is 11.0 Å². The highest BCUT2D eigenvalue weighted by atomic mass is 32.1. The molecule has 0 fully saturated rings. The van der Waals surface area contributed by atoms with E-state index in [-0.39, 0.29) is 0 Å². The van der Waals surface area contributed by atoms with Crippen molar-refractivity contribution < 1.29 is 0 Å². The van der Waals surface area contributed by atoms with E-state index in [2.05, 4.69) is 102 Å². The molecule has 7 aromatic carbocycles. The van der Waals surface area contributed by atoms with Gasteiger partial charge >= 0.3 is 0 Å². The van der Waals surface area contributed by atoms with Crippen LogP contribution in [0.5, 0.6) is 0 Å². The van der Waals surface area contributed by atoms with Crippen molar-refractivity contribution in [3.8, 4) is 28.7 Å². The van der Waals surface area contributed by atoms with Crippen LogP contribution in [0.3, 0.4) is 0 Å². The van der Waals surface area contributed by atoms with Gasteiger partial charge in [0.15, 0.2) is 11.6 Å². The first-order valence-electron chi connectivity index (χ1n) is 14.7. The number of aromatic nitrogens is 4. The van der Waals surface area contributed by atoms with Gasteiger partial charge in [0, 0.05) is 42.1 Å². The van der Waals surface area contributed by atoms with Crippen LogP contribution in [0.2, 0.25) is 0 Å². The fraction of sp³-hybridized carbons (Fsp3) is 0. The minimum absolute atomic E-state index is 0.612. The molecule has 10 aromatic rings. The molecule has 5 heteroatoms. The van der Waals surface area contributed by atoms with Crippen LogP contribution >= 0.6 is 11.3 Å². The molecule has 204 valence electrons. The summed E-state index contributed by atoms with van der Waals surface area (Å²) >= 11 is 1.87. The third-order valence-corrected chi connectivity index (χ3v) is 9.93. The Hall–Kier alpha value is -5.65. The largest absolute Gasteiger partial charge is 0.278 e. The van der Waals surface area contributed by atoms with Crippen molar-refractivity contribution >= 4 is 74.9 Å².